The molecule has 0 bridgehead atoms. The Bertz CT molecular complexity index is 1140. The van der Waals surface area contributed by atoms with Crippen LogP contribution in [0.15, 0.2) is 36.5 Å². The molecule has 208 valence electrons. The molecule has 0 fully saturated rings. The van der Waals surface area contributed by atoms with Gasteiger partial charge in [-0.15, -0.1) is 0 Å². The van der Waals surface area contributed by atoms with E-state index in [1.807, 2.05) is 45.9 Å². The third-order valence-corrected chi connectivity index (χ3v) is 7.20. The molecule has 1 aromatic carbocycles. The van der Waals surface area contributed by atoms with Gasteiger partial charge < -0.3 is 14.5 Å². The molecule has 0 aliphatic heterocycles. The summed E-state index contributed by atoms with van der Waals surface area (Å²) in [6.07, 6.45) is 5.70. The van der Waals surface area contributed by atoms with Crippen molar-refractivity contribution < 1.29 is 9.53 Å². The molecular formula is C31H47N5O2. The van der Waals surface area contributed by atoms with Crippen LogP contribution in [-0.4, -0.2) is 70.1 Å². The number of hydrogen-bond acceptors (Lipinski definition) is 5. The van der Waals surface area contributed by atoms with E-state index in [0.717, 1.165) is 86.6 Å². The number of benzene rings is 1. The first kappa shape index (κ1) is 29.6. The lowest BCUT2D eigenvalue weighted by molar-refractivity contribution is 0.0735. The summed E-state index contributed by atoms with van der Waals surface area (Å²) in [6, 6.07) is 9.82. The number of fused-ring (bicyclic) bond motifs is 1. The van der Waals surface area contributed by atoms with Crippen molar-refractivity contribution in [2.75, 3.05) is 39.8 Å². The zero-order valence-corrected chi connectivity index (χ0v) is 24.5. The third kappa shape index (κ3) is 7.79. The summed E-state index contributed by atoms with van der Waals surface area (Å²) < 4.78 is 7.19. The van der Waals surface area contributed by atoms with E-state index in [4.69, 9.17) is 14.8 Å². The molecule has 7 nitrogen and oxygen atoms in total. The van der Waals surface area contributed by atoms with Gasteiger partial charge in [-0.1, -0.05) is 41.5 Å². The lowest BCUT2D eigenvalue weighted by Crippen LogP contribution is -2.34. The molecular weight excluding hydrogens is 474 g/mol. The molecule has 2 heterocycles. The smallest absolute Gasteiger partial charge is 0.272 e. The Kier molecular flexibility index (Phi) is 11.1. The maximum Gasteiger partial charge on any atom is 0.272 e. The number of aromatic nitrogens is 3. The minimum atomic E-state index is 0.00934. The first-order valence-electron chi connectivity index (χ1n) is 14.3. The van der Waals surface area contributed by atoms with Crippen LogP contribution < -0.4 is 4.74 Å². The number of nitrogens with zero attached hydrogens (tertiary/aromatic N) is 5. The highest BCUT2D eigenvalue weighted by molar-refractivity contribution is 5.93. The topological polar surface area (TPSA) is 63.0 Å². The van der Waals surface area contributed by atoms with Crippen LogP contribution in [0.2, 0.25) is 0 Å². The van der Waals surface area contributed by atoms with Gasteiger partial charge in [0.05, 0.1) is 12.8 Å². The van der Waals surface area contributed by atoms with Gasteiger partial charge in [0.25, 0.3) is 5.91 Å². The highest BCUT2D eigenvalue weighted by Crippen LogP contribution is 2.28. The third-order valence-electron chi connectivity index (χ3n) is 7.20. The number of rotatable bonds is 15. The zero-order valence-electron chi connectivity index (χ0n) is 24.5. The van der Waals surface area contributed by atoms with Crippen molar-refractivity contribution in [3.63, 3.8) is 0 Å². The van der Waals surface area contributed by atoms with Crippen molar-refractivity contribution in [1.29, 1.82) is 0 Å². The molecule has 0 radical (unpaired) electrons. The molecule has 2 aromatic heterocycles. The van der Waals surface area contributed by atoms with Crippen molar-refractivity contribution in [3.05, 3.63) is 47.8 Å². The van der Waals surface area contributed by atoms with Gasteiger partial charge in [-0.3, -0.25) is 4.79 Å². The van der Waals surface area contributed by atoms with E-state index in [0.29, 0.717) is 17.5 Å². The molecule has 0 saturated carbocycles. The standard InChI is InChI=1S/C31H47N5O2/c1-8-34(9-2)19-10-11-27-29(25-12-14-26(38-7)15-13-25)33-36-22-18-28(32-30(27)36)31(37)35(20-16-23(3)4)21-17-24(5)6/h12-15,18,22-24H,8-11,16-17,19-21H2,1-7H3. The highest BCUT2D eigenvalue weighted by Gasteiger charge is 2.21. The number of aryl methyl sites for hydroxylation is 1. The van der Waals surface area contributed by atoms with Crippen LogP contribution in [0, 0.1) is 11.8 Å². The van der Waals surface area contributed by atoms with E-state index in [9.17, 15) is 4.79 Å². The lowest BCUT2D eigenvalue weighted by Gasteiger charge is -2.24. The van der Waals surface area contributed by atoms with E-state index in [2.05, 4.69) is 46.4 Å². The summed E-state index contributed by atoms with van der Waals surface area (Å²) in [6.45, 7) is 17.8. The number of methoxy groups -OCH3 is 1. The van der Waals surface area contributed by atoms with E-state index in [1.54, 1.807) is 7.11 Å². The molecule has 0 N–H and O–H groups in total. The summed E-state index contributed by atoms with van der Waals surface area (Å²) in [5, 5.41) is 4.92. The average molecular weight is 522 g/mol. The van der Waals surface area contributed by atoms with Gasteiger partial charge in [0, 0.05) is 30.4 Å². The molecule has 0 aliphatic carbocycles. The van der Waals surface area contributed by atoms with Gasteiger partial charge in [-0.2, -0.15) is 5.10 Å². The Hall–Kier alpha value is -2.93. The number of carbonyl (C=O) groups is 1. The molecule has 1 amide bonds. The Morgan fingerprint density at radius 1 is 0.947 bits per heavy atom. The zero-order chi connectivity index (χ0) is 27.7. The summed E-state index contributed by atoms with van der Waals surface area (Å²) >= 11 is 0. The van der Waals surface area contributed by atoms with Crippen molar-refractivity contribution >= 4 is 11.6 Å². The van der Waals surface area contributed by atoms with Gasteiger partial charge in [0.2, 0.25) is 0 Å². The Balaban J connectivity index is 1.98. The van der Waals surface area contributed by atoms with Crippen molar-refractivity contribution in [1.82, 2.24) is 24.4 Å². The Morgan fingerprint density at radius 2 is 1.58 bits per heavy atom. The molecule has 0 saturated heterocycles. The normalized spacial score (nSPS) is 11.7. The molecule has 3 rings (SSSR count). The van der Waals surface area contributed by atoms with Crippen LogP contribution in [0.3, 0.4) is 0 Å². The molecule has 3 aromatic rings. The van der Waals surface area contributed by atoms with Gasteiger partial charge in [0.15, 0.2) is 5.65 Å². The molecule has 0 aliphatic rings. The Morgan fingerprint density at radius 3 is 2.13 bits per heavy atom. The van der Waals surface area contributed by atoms with Crippen LogP contribution in [0.5, 0.6) is 5.75 Å². The number of amides is 1. The van der Waals surface area contributed by atoms with E-state index in [-0.39, 0.29) is 5.91 Å². The first-order valence-corrected chi connectivity index (χ1v) is 14.3. The fraction of sp³-hybridized carbons (Fsp3) is 0.581. The van der Waals surface area contributed by atoms with Crippen molar-refractivity contribution in [3.8, 4) is 17.0 Å². The molecule has 0 atom stereocenters. The van der Waals surface area contributed by atoms with E-state index in [1.165, 1.54) is 0 Å². The van der Waals surface area contributed by atoms with Gasteiger partial charge in [0.1, 0.15) is 11.4 Å². The highest BCUT2D eigenvalue weighted by atomic mass is 16.5. The molecule has 38 heavy (non-hydrogen) atoms. The summed E-state index contributed by atoms with van der Waals surface area (Å²) in [5.74, 6) is 1.91. The van der Waals surface area contributed by atoms with Crippen LogP contribution in [0.25, 0.3) is 16.9 Å². The number of ether oxygens (including phenoxy) is 1. The van der Waals surface area contributed by atoms with Gasteiger partial charge in [-0.25, -0.2) is 9.50 Å². The predicted molar refractivity (Wildman–Crippen MR) is 156 cm³/mol. The quantitative estimate of drug-likeness (QED) is 0.238. The number of hydrogen-bond donors (Lipinski definition) is 0. The maximum atomic E-state index is 13.7. The monoisotopic (exact) mass is 521 g/mol. The van der Waals surface area contributed by atoms with Gasteiger partial charge >= 0.3 is 0 Å². The van der Waals surface area contributed by atoms with Crippen LogP contribution in [0.4, 0.5) is 0 Å². The summed E-state index contributed by atoms with van der Waals surface area (Å²) in [4.78, 5) is 23.0. The fourth-order valence-corrected chi connectivity index (χ4v) is 4.63. The summed E-state index contributed by atoms with van der Waals surface area (Å²) in [7, 11) is 1.67. The van der Waals surface area contributed by atoms with E-state index < -0.39 is 0 Å². The first-order chi connectivity index (χ1) is 18.3. The van der Waals surface area contributed by atoms with Crippen molar-refractivity contribution in [2.24, 2.45) is 11.8 Å². The fourth-order valence-electron chi connectivity index (χ4n) is 4.63. The SMILES string of the molecule is CCN(CC)CCCc1c(-c2ccc(OC)cc2)nn2ccc(C(=O)N(CCC(C)C)CCC(C)C)nc12. The Labute approximate surface area is 229 Å². The minimum absolute atomic E-state index is 0.00934. The van der Waals surface area contributed by atoms with Crippen LogP contribution >= 0.6 is 0 Å². The largest absolute Gasteiger partial charge is 0.497 e. The second kappa shape index (κ2) is 14.3. The summed E-state index contributed by atoms with van der Waals surface area (Å²) in [5.41, 5.74) is 4.30. The number of carbonyl (C=O) groups excluding carboxylic acids is 1. The molecule has 7 heteroatoms. The average Bonchev–Trinajstić information content (AvgIpc) is 3.28. The molecule has 0 unspecified atom stereocenters. The molecule has 0 spiro atoms. The van der Waals surface area contributed by atoms with Gasteiger partial charge in [-0.05, 0) is 87.5 Å². The van der Waals surface area contributed by atoms with Crippen LogP contribution in [-0.2, 0) is 6.42 Å². The maximum absolute atomic E-state index is 13.7. The predicted octanol–water partition coefficient (Wildman–Crippen LogP) is 6.21. The second-order valence-corrected chi connectivity index (χ2v) is 10.9. The lowest BCUT2D eigenvalue weighted by atomic mass is 10.0. The van der Waals surface area contributed by atoms with Crippen LogP contribution in [0.1, 0.15) is 76.9 Å². The van der Waals surface area contributed by atoms with Crippen molar-refractivity contribution in [2.45, 2.75) is 67.2 Å². The minimum Gasteiger partial charge on any atom is -0.497 e. The second-order valence-electron chi connectivity index (χ2n) is 10.9. The van der Waals surface area contributed by atoms with E-state index >= 15 is 0 Å².